The average molecular weight is 334 g/mol. The van der Waals surface area contributed by atoms with Crippen molar-refractivity contribution in [3.05, 3.63) is 59.7 Å². The third-order valence-corrected chi connectivity index (χ3v) is 4.49. The van der Waals surface area contributed by atoms with Gasteiger partial charge in [0, 0.05) is 20.1 Å². The number of hydrogen-bond donors (Lipinski definition) is 1. The molecule has 0 saturated heterocycles. The second-order valence-electron chi connectivity index (χ2n) is 6.16. The van der Waals surface area contributed by atoms with Crippen LogP contribution in [0, 0.1) is 0 Å². The molecule has 126 valence electrons. The molecule has 0 saturated carbocycles. The number of hydrogen-bond acceptors (Lipinski definition) is 4. The lowest BCUT2D eigenvalue weighted by Gasteiger charge is -2.18. The molecule has 2 amide bonds. The van der Waals surface area contributed by atoms with Gasteiger partial charge in [-0.1, -0.05) is 24.3 Å². The number of para-hydroxylation sites is 2. The number of benzene rings is 2. The molecule has 0 spiro atoms. The topological polar surface area (TPSA) is 69.3 Å². The molecule has 1 aliphatic rings. The van der Waals surface area contributed by atoms with E-state index in [1.807, 2.05) is 36.2 Å². The Balaban J connectivity index is 1.39. The molecule has 2 heterocycles. The molecule has 0 unspecified atom stereocenters. The Morgan fingerprint density at radius 3 is 2.32 bits per heavy atom. The minimum Gasteiger partial charge on any atom is -0.345 e. The highest BCUT2D eigenvalue weighted by Gasteiger charge is 2.34. The molecule has 3 aromatic rings. The van der Waals surface area contributed by atoms with E-state index in [1.54, 1.807) is 24.3 Å². The molecule has 0 fully saturated rings. The van der Waals surface area contributed by atoms with Gasteiger partial charge in [0.05, 0.1) is 22.2 Å². The number of imidazole rings is 1. The Morgan fingerprint density at radius 1 is 1.00 bits per heavy atom. The van der Waals surface area contributed by atoms with E-state index >= 15 is 0 Å². The van der Waals surface area contributed by atoms with Crippen molar-refractivity contribution in [2.24, 2.45) is 0 Å². The van der Waals surface area contributed by atoms with Crippen LogP contribution in [0.2, 0.25) is 0 Å². The van der Waals surface area contributed by atoms with Gasteiger partial charge in [0.1, 0.15) is 0 Å². The maximum Gasteiger partial charge on any atom is 0.261 e. The summed E-state index contributed by atoms with van der Waals surface area (Å²) in [5, 5.41) is 0. The Kier molecular flexibility index (Phi) is 3.72. The van der Waals surface area contributed by atoms with E-state index in [2.05, 4.69) is 9.97 Å². The van der Waals surface area contributed by atoms with Gasteiger partial charge in [0.15, 0.2) is 0 Å². The van der Waals surface area contributed by atoms with Gasteiger partial charge in [0.2, 0.25) is 5.95 Å². The monoisotopic (exact) mass is 334 g/mol. The first-order chi connectivity index (χ1) is 12.1. The quantitative estimate of drug-likeness (QED) is 0.728. The van der Waals surface area contributed by atoms with Crippen LogP contribution in [0.1, 0.15) is 27.1 Å². The lowest BCUT2D eigenvalue weighted by molar-refractivity contribution is 0.0653. The van der Waals surface area contributed by atoms with Crippen LogP contribution in [0.3, 0.4) is 0 Å². The van der Waals surface area contributed by atoms with Crippen LogP contribution in [-0.2, 0) is 0 Å². The third-order valence-electron chi connectivity index (χ3n) is 4.49. The molecular weight excluding hydrogens is 316 g/mol. The van der Waals surface area contributed by atoms with E-state index in [-0.39, 0.29) is 11.8 Å². The van der Waals surface area contributed by atoms with Crippen molar-refractivity contribution in [3.63, 3.8) is 0 Å². The maximum atomic E-state index is 12.3. The van der Waals surface area contributed by atoms with Gasteiger partial charge in [-0.05, 0) is 30.7 Å². The fourth-order valence-electron chi connectivity index (χ4n) is 3.13. The number of aromatic nitrogens is 2. The van der Waals surface area contributed by atoms with Crippen molar-refractivity contribution in [2.75, 3.05) is 25.0 Å². The minimum absolute atomic E-state index is 0.202. The molecule has 1 aromatic heterocycles. The van der Waals surface area contributed by atoms with Crippen LogP contribution in [0.5, 0.6) is 0 Å². The van der Waals surface area contributed by atoms with Gasteiger partial charge in [0.25, 0.3) is 11.8 Å². The Bertz CT molecular complexity index is 895. The van der Waals surface area contributed by atoms with Crippen molar-refractivity contribution in [2.45, 2.75) is 6.42 Å². The normalized spacial score (nSPS) is 13.6. The first kappa shape index (κ1) is 15.4. The molecule has 0 bridgehead atoms. The van der Waals surface area contributed by atoms with Gasteiger partial charge in [-0.25, -0.2) is 4.98 Å². The zero-order valence-electron chi connectivity index (χ0n) is 13.9. The average Bonchev–Trinajstić information content (AvgIpc) is 3.17. The van der Waals surface area contributed by atoms with Crippen LogP contribution < -0.4 is 4.90 Å². The summed E-state index contributed by atoms with van der Waals surface area (Å²) in [5.41, 5.74) is 2.91. The van der Waals surface area contributed by atoms with Crippen molar-refractivity contribution < 1.29 is 9.59 Å². The van der Waals surface area contributed by atoms with E-state index in [4.69, 9.17) is 0 Å². The van der Waals surface area contributed by atoms with E-state index in [0.717, 1.165) is 17.0 Å². The molecule has 6 heteroatoms. The fraction of sp³-hybridized carbons (Fsp3) is 0.211. The molecule has 4 rings (SSSR count). The first-order valence-electron chi connectivity index (χ1n) is 8.26. The number of aromatic amines is 1. The number of fused-ring (bicyclic) bond motifs is 2. The van der Waals surface area contributed by atoms with E-state index in [9.17, 15) is 9.59 Å². The molecule has 0 atom stereocenters. The first-order valence-corrected chi connectivity index (χ1v) is 8.26. The van der Waals surface area contributed by atoms with Crippen molar-refractivity contribution in [1.82, 2.24) is 14.9 Å². The van der Waals surface area contributed by atoms with Crippen LogP contribution in [0.25, 0.3) is 11.0 Å². The van der Waals surface area contributed by atoms with Gasteiger partial charge in [-0.15, -0.1) is 0 Å². The zero-order valence-corrected chi connectivity index (χ0v) is 13.9. The lowest BCUT2D eigenvalue weighted by atomic mass is 10.1. The standard InChI is InChI=1S/C19H18N4O2/c1-22(19-20-15-9-4-5-10-16(15)21-19)11-6-12-23-17(24)13-7-2-3-8-14(13)18(23)25/h2-5,7-10H,6,11-12H2,1H3,(H,20,21). The van der Waals surface area contributed by atoms with Crippen molar-refractivity contribution in [3.8, 4) is 0 Å². The fourth-order valence-corrected chi connectivity index (χ4v) is 3.13. The molecular formula is C19H18N4O2. The number of carbonyl (C=O) groups is 2. The number of rotatable bonds is 5. The molecule has 2 aromatic carbocycles. The summed E-state index contributed by atoms with van der Waals surface area (Å²) in [7, 11) is 1.94. The van der Waals surface area contributed by atoms with Gasteiger partial charge in [-0.3, -0.25) is 14.5 Å². The second-order valence-corrected chi connectivity index (χ2v) is 6.16. The number of anilines is 1. The zero-order chi connectivity index (χ0) is 17.4. The third kappa shape index (κ3) is 2.65. The van der Waals surface area contributed by atoms with E-state index < -0.39 is 0 Å². The van der Waals surface area contributed by atoms with Crippen LogP contribution in [0.4, 0.5) is 5.95 Å². The summed E-state index contributed by atoms with van der Waals surface area (Å²) in [4.78, 5) is 35.8. The Labute approximate surface area is 145 Å². The highest BCUT2D eigenvalue weighted by Crippen LogP contribution is 2.22. The van der Waals surface area contributed by atoms with Crippen LogP contribution in [0.15, 0.2) is 48.5 Å². The minimum atomic E-state index is -0.202. The summed E-state index contributed by atoms with van der Waals surface area (Å²) in [6, 6.07) is 14.8. The largest absolute Gasteiger partial charge is 0.345 e. The SMILES string of the molecule is CN(CCCN1C(=O)c2ccccc2C1=O)c1nc2ccccc2[nH]1. The van der Waals surface area contributed by atoms with Gasteiger partial charge in [-0.2, -0.15) is 0 Å². The number of carbonyl (C=O) groups excluding carboxylic acids is 2. The van der Waals surface area contributed by atoms with E-state index in [0.29, 0.717) is 30.6 Å². The molecule has 0 radical (unpaired) electrons. The van der Waals surface area contributed by atoms with Crippen molar-refractivity contribution >= 4 is 28.8 Å². The summed E-state index contributed by atoms with van der Waals surface area (Å²) in [6.07, 6.45) is 0.680. The predicted molar refractivity (Wildman–Crippen MR) is 95.8 cm³/mol. The van der Waals surface area contributed by atoms with Gasteiger partial charge < -0.3 is 9.88 Å². The smallest absolute Gasteiger partial charge is 0.261 e. The highest BCUT2D eigenvalue weighted by atomic mass is 16.2. The highest BCUT2D eigenvalue weighted by molar-refractivity contribution is 6.21. The maximum absolute atomic E-state index is 12.3. The molecule has 6 nitrogen and oxygen atoms in total. The van der Waals surface area contributed by atoms with Crippen molar-refractivity contribution in [1.29, 1.82) is 0 Å². The van der Waals surface area contributed by atoms with Gasteiger partial charge >= 0.3 is 0 Å². The number of nitrogens with zero attached hydrogens (tertiary/aromatic N) is 3. The van der Waals surface area contributed by atoms with Crippen LogP contribution >= 0.6 is 0 Å². The summed E-state index contributed by atoms with van der Waals surface area (Å²) < 4.78 is 0. The number of H-pyrrole nitrogens is 1. The van der Waals surface area contributed by atoms with E-state index in [1.165, 1.54) is 4.90 Å². The number of nitrogens with one attached hydrogen (secondary N) is 1. The predicted octanol–water partition coefficient (Wildman–Crippen LogP) is 2.69. The number of amides is 2. The molecule has 1 N–H and O–H groups in total. The lowest BCUT2D eigenvalue weighted by Crippen LogP contribution is -2.33. The summed E-state index contributed by atoms with van der Waals surface area (Å²) in [5.74, 6) is 0.377. The van der Waals surface area contributed by atoms with Crippen LogP contribution in [-0.4, -0.2) is 46.8 Å². The summed E-state index contributed by atoms with van der Waals surface area (Å²) >= 11 is 0. The Hall–Kier alpha value is -3.15. The molecule has 0 aliphatic carbocycles. The molecule has 1 aliphatic heterocycles. The second kappa shape index (κ2) is 6.05. The number of imide groups is 1. The summed E-state index contributed by atoms with van der Waals surface area (Å²) in [6.45, 7) is 1.09. The Morgan fingerprint density at radius 2 is 1.64 bits per heavy atom. The molecule has 25 heavy (non-hydrogen) atoms.